The van der Waals surface area contributed by atoms with Crippen LogP contribution in [0.3, 0.4) is 0 Å². The lowest BCUT2D eigenvalue weighted by Crippen LogP contribution is -2.46. The topological polar surface area (TPSA) is 95.9 Å². The summed E-state index contributed by atoms with van der Waals surface area (Å²) >= 11 is 1.56. The molecule has 4 rings (SSSR count). The predicted molar refractivity (Wildman–Crippen MR) is 127 cm³/mol. The second-order valence-electron chi connectivity index (χ2n) is 8.57. The standard InChI is InChI=1S/C25H28N2O5S/c1-33-13-12-27(14-22(28)29)23(30)25(10-11-25)16-26-24(31)32-15-21-19-8-4-2-6-17(19)18-7-3-5-9-20(18)21/h2-9,21H,10-16H2,1H3,(H,26,31)(H,28,29). The van der Waals surface area contributed by atoms with Gasteiger partial charge < -0.3 is 20.1 Å². The van der Waals surface area contributed by atoms with Gasteiger partial charge in [-0.15, -0.1) is 0 Å². The molecule has 0 aromatic heterocycles. The Balaban J connectivity index is 1.34. The number of rotatable bonds is 10. The molecule has 0 aliphatic heterocycles. The highest BCUT2D eigenvalue weighted by molar-refractivity contribution is 7.98. The van der Waals surface area contributed by atoms with E-state index in [1.165, 1.54) is 4.90 Å². The summed E-state index contributed by atoms with van der Waals surface area (Å²) in [4.78, 5) is 38.0. The predicted octanol–water partition coefficient (Wildman–Crippen LogP) is 3.58. The molecule has 0 saturated heterocycles. The van der Waals surface area contributed by atoms with Gasteiger partial charge in [0.2, 0.25) is 5.91 Å². The fourth-order valence-corrected chi connectivity index (χ4v) is 4.86. The molecule has 0 atom stereocenters. The highest BCUT2D eigenvalue weighted by Gasteiger charge is 2.52. The first kappa shape index (κ1) is 23.2. The molecule has 2 N–H and O–H groups in total. The van der Waals surface area contributed by atoms with Crippen LogP contribution in [0, 0.1) is 5.41 Å². The van der Waals surface area contributed by atoms with Crippen molar-refractivity contribution in [3.05, 3.63) is 59.7 Å². The number of hydrogen-bond donors (Lipinski definition) is 2. The van der Waals surface area contributed by atoms with E-state index in [1.54, 1.807) is 11.8 Å². The van der Waals surface area contributed by atoms with Crippen molar-refractivity contribution in [1.82, 2.24) is 10.2 Å². The fourth-order valence-electron chi connectivity index (χ4n) is 4.46. The maximum absolute atomic E-state index is 13.0. The van der Waals surface area contributed by atoms with Gasteiger partial charge >= 0.3 is 12.1 Å². The van der Waals surface area contributed by atoms with E-state index in [4.69, 9.17) is 9.84 Å². The highest BCUT2D eigenvalue weighted by Crippen LogP contribution is 2.47. The van der Waals surface area contributed by atoms with E-state index in [-0.39, 0.29) is 31.5 Å². The van der Waals surface area contributed by atoms with Crippen LogP contribution >= 0.6 is 11.8 Å². The summed E-state index contributed by atoms with van der Waals surface area (Å²) in [7, 11) is 0. The van der Waals surface area contributed by atoms with Gasteiger partial charge in [-0.1, -0.05) is 48.5 Å². The van der Waals surface area contributed by atoms with Gasteiger partial charge in [0, 0.05) is 24.8 Å². The molecule has 0 spiro atoms. The van der Waals surface area contributed by atoms with Crippen LogP contribution in [-0.2, 0) is 14.3 Å². The van der Waals surface area contributed by atoms with Crippen molar-refractivity contribution < 1.29 is 24.2 Å². The molecule has 7 nitrogen and oxygen atoms in total. The van der Waals surface area contributed by atoms with Crippen LogP contribution < -0.4 is 5.32 Å². The molecular weight excluding hydrogens is 440 g/mol. The molecule has 2 aromatic carbocycles. The SMILES string of the molecule is CSCCN(CC(=O)O)C(=O)C1(CNC(=O)OCC2c3ccccc3-c3ccccc32)CC1. The zero-order chi connectivity index (χ0) is 23.4. The van der Waals surface area contributed by atoms with E-state index in [9.17, 15) is 14.4 Å². The third-order valence-corrected chi connectivity index (χ3v) is 6.99. The number of benzene rings is 2. The fraction of sp³-hybridized carbons (Fsp3) is 0.400. The zero-order valence-electron chi connectivity index (χ0n) is 18.6. The van der Waals surface area contributed by atoms with Gasteiger partial charge in [0.25, 0.3) is 0 Å². The number of alkyl carbamates (subject to hydrolysis) is 1. The number of fused-ring (bicyclic) bond motifs is 3. The zero-order valence-corrected chi connectivity index (χ0v) is 19.4. The highest BCUT2D eigenvalue weighted by atomic mass is 32.2. The van der Waals surface area contributed by atoms with Crippen LogP contribution in [-0.4, -0.2) is 66.2 Å². The summed E-state index contributed by atoms with van der Waals surface area (Å²) in [6.07, 6.45) is 2.61. The molecule has 2 aromatic rings. The van der Waals surface area contributed by atoms with Crippen molar-refractivity contribution in [3.8, 4) is 11.1 Å². The molecule has 0 radical (unpaired) electrons. The Hall–Kier alpha value is -3.00. The van der Waals surface area contributed by atoms with Crippen LogP contribution in [0.4, 0.5) is 4.79 Å². The van der Waals surface area contributed by atoms with Crippen molar-refractivity contribution in [2.75, 3.05) is 38.2 Å². The molecule has 174 valence electrons. The number of nitrogens with zero attached hydrogens (tertiary/aromatic N) is 1. The van der Waals surface area contributed by atoms with Crippen LogP contribution in [0.2, 0.25) is 0 Å². The minimum atomic E-state index is -1.04. The van der Waals surface area contributed by atoms with Crippen molar-refractivity contribution in [3.63, 3.8) is 0 Å². The van der Waals surface area contributed by atoms with Gasteiger partial charge in [0.05, 0.1) is 5.41 Å². The number of aliphatic carboxylic acids is 1. The molecule has 0 bridgehead atoms. The smallest absolute Gasteiger partial charge is 0.407 e. The Bertz CT molecular complexity index is 1010. The van der Waals surface area contributed by atoms with Crippen LogP contribution in [0.25, 0.3) is 11.1 Å². The molecule has 2 amide bonds. The first-order chi connectivity index (χ1) is 15.9. The third-order valence-electron chi connectivity index (χ3n) is 6.40. The van der Waals surface area contributed by atoms with Gasteiger partial charge in [0.1, 0.15) is 13.2 Å². The van der Waals surface area contributed by atoms with E-state index in [0.717, 1.165) is 22.3 Å². The van der Waals surface area contributed by atoms with Gasteiger partial charge in [0.15, 0.2) is 0 Å². The van der Waals surface area contributed by atoms with Crippen LogP contribution in [0.1, 0.15) is 29.9 Å². The van der Waals surface area contributed by atoms with E-state index < -0.39 is 17.5 Å². The van der Waals surface area contributed by atoms with Crippen molar-refractivity contribution in [1.29, 1.82) is 0 Å². The number of ether oxygens (including phenoxy) is 1. The Morgan fingerprint density at radius 3 is 2.24 bits per heavy atom. The number of carboxylic acid groups (broad SMARTS) is 1. The number of hydrogen-bond acceptors (Lipinski definition) is 5. The van der Waals surface area contributed by atoms with E-state index in [1.807, 2.05) is 30.5 Å². The molecular formula is C25H28N2O5S. The molecule has 0 unspecified atom stereocenters. The summed E-state index contributed by atoms with van der Waals surface area (Å²) in [6.45, 7) is 0.405. The van der Waals surface area contributed by atoms with Crippen molar-refractivity contribution in [2.24, 2.45) is 5.41 Å². The molecule has 2 aliphatic rings. The largest absolute Gasteiger partial charge is 0.480 e. The lowest BCUT2D eigenvalue weighted by Gasteiger charge is -2.26. The van der Waals surface area contributed by atoms with Gasteiger partial charge in [-0.3, -0.25) is 9.59 Å². The summed E-state index contributed by atoms with van der Waals surface area (Å²) in [5.41, 5.74) is 3.87. The summed E-state index contributed by atoms with van der Waals surface area (Å²) in [5.74, 6) is -0.616. The molecule has 1 saturated carbocycles. The van der Waals surface area contributed by atoms with E-state index in [0.29, 0.717) is 25.1 Å². The average molecular weight is 469 g/mol. The normalized spacial score (nSPS) is 15.3. The Morgan fingerprint density at radius 2 is 1.70 bits per heavy atom. The number of carboxylic acids is 1. The number of carbonyl (C=O) groups is 3. The van der Waals surface area contributed by atoms with E-state index >= 15 is 0 Å². The number of carbonyl (C=O) groups excluding carboxylic acids is 2. The van der Waals surface area contributed by atoms with Gasteiger partial charge in [-0.25, -0.2) is 4.79 Å². The molecule has 33 heavy (non-hydrogen) atoms. The molecule has 0 heterocycles. The maximum Gasteiger partial charge on any atom is 0.407 e. The Morgan fingerprint density at radius 1 is 1.09 bits per heavy atom. The second kappa shape index (κ2) is 9.87. The van der Waals surface area contributed by atoms with Gasteiger partial charge in [-0.2, -0.15) is 11.8 Å². The number of thioether (sulfide) groups is 1. The average Bonchev–Trinajstić information content (AvgIpc) is 3.55. The molecule has 2 aliphatic carbocycles. The Kier molecular flexibility index (Phi) is 6.93. The maximum atomic E-state index is 13.0. The molecule has 8 heteroatoms. The molecule has 1 fully saturated rings. The minimum Gasteiger partial charge on any atom is -0.480 e. The Labute approximate surface area is 197 Å². The van der Waals surface area contributed by atoms with Gasteiger partial charge in [-0.05, 0) is 41.4 Å². The van der Waals surface area contributed by atoms with Crippen LogP contribution in [0.15, 0.2) is 48.5 Å². The number of nitrogens with one attached hydrogen (secondary N) is 1. The first-order valence-electron chi connectivity index (χ1n) is 11.0. The van der Waals surface area contributed by atoms with E-state index in [2.05, 4.69) is 29.6 Å². The second-order valence-corrected chi connectivity index (χ2v) is 9.56. The summed E-state index contributed by atoms with van der Waals surface area (Å²) in [6, 6.07) is 16.3. The van der Waals surface area contributed by atoms with Crippen molar-refractivity contribution >= 4 is 29.7 Å². The lowest BCUT2D eigenvalue weighted by atomic mass is 9.98. The minimum absolute atomic E-state index is 0.0303. The summed E-state index contributed by atoms with van der Waals surface area (Å²) < 4.78 is 5.56. The quantitative estimate of drug-likeness (QED) is 0.553. The third kappa shape index (κ3) is 5.00. The monoisotopic (exact) mass is 468 g/mol. The number of amides is 2. The first-order valence-corrected chi connectivity index (χ1v) is 12.4. The lowest BCUT2D eigenvalue weighted by molar-refractivity contribution is -0.146. The summed E-state index contributed by atoms with van der Waals surface area (Å²) in [5, 5.41) is 11.9. The van der Waals surface area contributed by atoms with Crippen LogP contribution in [0.5, 0.6) is 0 Å². The van der Waals surface area contributed by atoms with Crippen molar-refractivity contribution in [2.45, 2.75) is 18.8 Å².